The third-order valence-corrected chi connectivity index (χ3v) is 6.94. The molecule has 10 nitrogen and oxygen atoms in total. The van der Waals surface area contributed by atoms with Crippen LogP contribution in [0.15, 0.2) is 47.4 Å². The predicted molar refractivity (Wildman–Crippen MR) is 132 cm³/mol. The van der Waals surface area contributed by atoms with E-state index in [2.05, 4.69) is 10.0 Å². The Labute approximate surface area is 208 Å². The van der Waals surface area contributed by atoms with Gasteiger partial charge in [-0.1, -0.05) is 12.1 Å². The van der Waals surface area contributed by atoms with Crippen molar-refractivity contribution >= 4 is 39.3 Å². The Morgan fingerprint density at radius 2 is 1.86 bits per heavy atom. The summed E-state index contributed by atoms with van der Waals surface area (Å²) in [6.07, 6.45) is 2.01. The Morgan fingerprint density at radius 1 is 1.11 bits per heavy atom. The van der Waals surface area contributed by atoms with Gasteiger partial charge in [-0.25, -0.2) is 8.42 Å². The summed E-state index contributed by atoms with van der Waals surface area (Å²) in [5.74, 6) is 0.311. The molecule has 190 valence electrons. The van der Waals surface area contributed by atoms with Gasteiger partial charge in [0.05, 0.1) is 17.2 Å². The van der Waals surface area contributed by atoms with Crippen LogP contribution in [0, 0.1) is 0 Å². The lowest BCUT2D eigenvalue weighted by Gasteiger charge is -2.20. The fraction of sp³-hybridized carbons (Fsp3) is 0.391. The fourth-order valence-corrected chi connectivity index (χ4v) is 4.89. The number of hydrogen-bond acceptors (Lipinski definition) is 9. The van der Waals surface area contributed by atoms with E-state index in [1.807, 2.05) is 13.2 Å². The minimum atomic E-state index is -4.08. The fourth-order valence-electron chi connectivity index (χ4n) is 3.18. The maximum Gasteiger partial charge on any atom is 0.324 e. The van der Waals surface area contributed by atoms with Gasteiger partial charge < -0.3 is 24.3 Å². The van der Waals surface area contributed by atoms with E-state index in [1.165, 1.54) is 30.0 Å². The Kier molecular flexibility index (Phi) is 9.64. The van der Waals surface area contributed by atoms with Gasteiger partial charge in [0.1, 0.15) is 25.0 Å². The highest BCUT2D eigenvalue weighted by Gasteiger charge is 2.28. The number of carbonyl (C=O) groups is 2. The second-order valence-electron chi connectivity index (χ2n) is 7.35. The van der Waals surface area contributed by atoms with Crippen LogP contribution in [0.3, 0.4) is 0 Å². The van der Waals surface area contributed by atoms with E-state index in [1.54, 1.807) is 24.3 Å². The molecule has 0 aromatic heterocycles. The van der Waals surface area contributed by atoms with Gasteiger partial charge in [0.15, 0.2) is 18.1 Å². The molecule has 1 heterocycles. The Bertz CT molecular complexity index is 1140. The zero-order valence-electron chi connectivity index (χ0n) is 19.4. The highest BCUT2D eigenvalue weighted by Crippen LogP contribution is 2.32. The van der Waals surface area contributed by atoms with Crippen LogP contribution in [0.25, 0.3) is 0 Å². The maximum atomic E-state index is 13.0. The standard InChI is InChI=1S/C23H28N2O8S2/c1-3-30-19-7-5-4-6-17(19)24-22(26)15-33-23(27)18(10-13-34-2)25-35(28,29)16-8-9-20-21(14-16)32-12-11-31-20/h4-9,14,18,25H,3,10-13,15H2,1-2H3,(H,24,26). The summed E-state index contributed by atoms with van der Waals surface area (Å²) >= 11 is 1.45. The molecule has 12 heteroatoms. The molecule has 1 unspecified atom stereocenters. The Balaban J connectivity index is 1.64. The molecule has 0 bridgehead atoms. The lowest BCUT2D eigenvalue weighted by molar-refractivity contribution is -0.149. The third kappa shape index (κ3) is 7.51. The molecule has 0 aliphatic carbocycles. The summed E-state index contributed by atoms with van der Waals surface area (Å²) in [5.41, 5.74) is 0.439. The van der Waals surface area contributed by atoms with Crippen molar-refractivity contribution in [3.05, 3.63) is 42.5 Å². The topological polar surface area (TPSA) is 129 Å². The van der Waals surface area contributed by atoms with E-state index >= 15 is 0 Å². The summed E-state index contributed by atoms with van der Waals surface area (Å²) in [7, 11) is -4.08. The molecule has 1 aliphatic heterocycles. The highest BCUT2D eigenvalue weighted by atomic mass is 32.2. The number of fused-ring (bicyclic) bond motifs is 1. The number of nitrogens with one attached hydrogen (secondary N) is 2. The molecule has 3 rings (SSSR count). The molecule has 2 aromatic carbocycles. The van der Waals surface area contributed by atoms with Crippen LogP contribution in [0.1, 0.15) is 13.3 Å². The summed E-state index contributed by atoms with van der Waals surface area (Å²) in [5, 5.41) is 2.63. The first-order chi connectivity index (χ1) is 16.8. The number of hydrogen-bond donors (Lipinski definition) is 2. The van der Waals surface area contributed by atoms with Crippen LogP contribution < -0.4 is 24.2 Å². The molecule has 0 saturated carbocycles. The summed E-state index contributed by atoms with van der Waals surface area (Å²) in [6.45, 7) is 2.35. The van der Waals surface area contributed by atoms with Crippen molar-refractivity contribution in [2.45, 2.75) is 24.3 Å². The predicted octanol–water partition coefficient (Wildman–Crippen LogP) is 2.44. The number of thioether (sulfide) groups is 1. The average molecular weight is 525 g/mol. The van der Waals surface area contributed by atoms with Gasteiger partial charge in [-0.05, 0) is 49.6 Å². The minimum absolute atomic E-state index is 0.0750. The van der Waals surface area contributed by atoms with Gasteiger partial charge in [-0.3, -0.25) is 9.59 Å². The van der Waals surface area contributed by atoms with Crippen molar-refractivity contribution < 1.29 is 37.0 Å². The second-order valence-corrected chi connectivity index (χ2v) is 10.0. The van der Waals surface area contributed by atoms with Gasteiger partial charge in [0, 0.05) is 6.07 Å². The summed E-state index contributed by atoms with van der Waals surface area (Å²) < 4.78 is 49.8. The van der Waals surface area contributed by atoms with Gasteiger partial charge in [-0.15, -0.1) is 0 Å². The Hall–Kier alpha value is -2.96. The van der Waals surface area contributed by atoms with Crippen molar-refractivity contribution in [2.24, 2.45) is 0 Å². The van der Waals surface area contributed by atoms with Crippen LogP contribution in [0.2, 0.25) is 0 Å². The van der Waals surface area contributed by atoms with Crippen molar-refractivity contribution in [1.29, 1.82) is 0 Å². The molecule has 35 heavy (non-hydrogen) atoms. The minimum Gasteiger partial charge on any atom is -0.492 e. The molecule has 0 saturated heterocycles. The van der Waals surface area contributed by atoms with Crippen molar-refractivity contribution in [1.82, 2.24) is 4.72 Å². The third-order valence-electron chi connectivity index (χ3n) is 4.82. The van der Waals surface area contributed by atoms with Crippen molar-refractivity contribution in [3.8, 4) is 17.2 Å². The SMILES string of the molecule is CCOc1ccccc1NC(=O)COC(=O)C(CCSC)NS(=O)(=O)c1ccc2c(c1)OCCO2. The smallest absolute Gasteiger partial charge is 0.324 e. The maximum absolute atomic E-state index is 13.0. The molecule has 1 aliphatic rings. The van der Waals surface area contributed by atoms with E-state index in [9.17, 15) is 18.0 Å². The first-order valence-corrected chi connectivity index (χ1v) is 13.8. The van der Waals surface area contributed by atoms with Crippen LogP contribution in [0.4, 0.5) is 5.69 Å². The second kappa shape index (κ2) is 12.7. The molecule has 0 spiro atoms. The van der Waals surface area contributed by atoms with E-state index in [4.69, 9.17) is 18.9 Å². The molecular formula is C23H28N2O8S2. The lowest BCUT2D eigenvalue weighted by atomic mass is 10.2. The Morgan fingerprint density at radius 3 is 2.60 bits per heavy atom. The number of amides is 1. The van der Waals surface area contributed by atoms with Crippen molar-refractivity contribution in [2.75, 3.05) is 43.8 Å². The van der Waals surface area contributed by atoms with Crippen LogP contribution in [0.5, 0.6) is 17.2 Å². The quantitative estimate of drug-likeness (QED) is 0.402. The normalized spacial score (nSPS) is 13.5. The number of sulfonamides is 1. The van der Waals surface area contributed by atoms with Crippen LogP contribution in [-0.2, 0) is 24.3 Å². The molecule has 1 amide bonds. The number of esters is 1. The summed E-state index contributed by atoms with van der Waals surface area (Å²) in [6, 6.07) is 9.91. The first-order valence-electron chi connectivity index (χ1n) is 10.9. The highest BCUT2D eigenvalue weighted by molar-refractivity contribution is 7.98. The molecule has 2 aromatic rings. The number of ether oxygens (including phenoxy) is 4. The monoisotopic (exact) mass is 524 g/mol. The van der Waals surface area contributed by atoms with Gasteiger partial charge in [0.25, 0.3) is 5.91 Å². The molecule has 1 atom stereocenters. The van der Waals surface area contributed by atoms with E-state index < -0.39 is 34.5 Å². The first kappa shape index (κ1) is 26.6. The van der Waals surface area contributed by atoms with E-state index in [-0.39, 0.29) is 11.3 Å². The van der Waals surface area contributed by atoms with Crippen LogP contribution >= 0.6 is 11.8 Å². The van der Waals surface area contributed by atoms with Gasteiger partial charge >= 0.3 is 5.97 Å². The number of carbonyl (C=O) groups excluding carboxylic acids is 2. The summed E-state index contributed by atoms with van der Waals surface area (Å²) in [4.78, 5) is 25.0. The largest absolute Gasteiger partial charge is 0.492 e. The van der Waals surface area contributed by atoms with E-state index in [0.29, 0.717) is 48.5 Å². The van der Waals surface area contributed by atoms with Crippen LogP contribution in [-0.4, -0.2) is 64.8 Å². The van der Waals surface area contributed by atoms with Crippen molar-refractivity contribution in [3.63, 3.8) is 0 Å². The number of rotatable bonds is 12. The zero-order valence-corrected chi connectivity index (χ0v) is 21.1. The number of benzene rings is 2. The zero-order chi connectivity index (χ0) is 25.3. The molecule has 0 fully saturated rings. The molecule has 2 N–H and O–H groups in total. The lowest BCUT2D eigenvalue weighted by Crippen LogP contribution is -2.43. The van der Waals surface area contributed by atoms with Gasteiger partial charge in [-0.2, -0.15) is 16.5 Å². The van der Waals surface area contributed by atoms with E-state index in [0.717, 1.165) is 0 Å². The average Bonchev–Trinajstić information content (AvgIpc) is 2.86. The van der Waals surface area contributed by atoms with Gasteiger partial charge in [0.2, 0.25) is 10.0 Å². The molecular weight excluding hydrogens is 496 g/mol. The number of anilines is 1. The molecule has 0 radical (unpaired) electrons. The number of para-hydroxylation sites is 2.